The molecule has 4 nitrogen and oxygen atoms in total. The second-order valence-corrected chi connectivity index (χ2v) is 13.6. The molecule has 2 unspecified atom stereocenters. The summed E-state index contributed by atoms with van der Waals surface area (Å²) in [6.07, 6.45) is -8.47. The van der Waals surface area contributed by atoms with E-state index in [4.69, 9.17) is 4.12 Å². The van der Waals surface area contributed by atoms with Crippen LogP contribution < -0.4 is 5.32 Å². The number of carbonyl (C=O) groups excluding carboxylic acids is 1. The summed E-state index contributed by atoms with van der Waals surface area (Å²) in [5, 5.41) is 1.86. The fourth-order valence-electron chi connectivity index (χ4n) is 1.58. The summed E-state index contributed by atoms with van der Waals surface area (Å²) in [4.78, 5) is 20.9. The largest absolute Gasteiger partial charge is 0.436 e. The lowest BCUT2D eigenvalue weighted by atomic mass is 10.3. The molecule has 0 aliphatic rings. The Bertz CT molecular complexity index is 331. The van der Waals surface area contributed by atoms with Gasteiger partial charge in [-0.2, -0.15) is 13.2 Å². The summed E-state index contributed by atoms with van der Waals surface area (Å²) in [7, 11) is -4.78. The smallest absolute Gasteiger partial charge is 0.428 e. The lowest BCUT2D eigenvalue weighted by molar-refractivity contribution is -0.186. The second kappa shape index (κ2) is 7.01. The Balaban J connectivity index is 4.06. The first-order valence-electron chi connectivity index (χ1n) is 6.16. The summed E-state index contributed by atoms with van der Waals surface area (Å²) < 4.78 is 53.9. The average molecular weight is 335 g/mol. The molecular weight excluding hydrogens is 314 g/mol. The minimum absolute atomic E-state index is 0.131. The molecule has 0 aromatic carbocycles. The van der Waals surface area contributed by atoms with Gasteiger partial charge in [0.2, 0.25) is 0 Å². The van der Waals surface area contributed by atoms with E-state index in [9.17, 15) is 27.2 Å². The van der Waals surface area contributed by atoms with E-state index in [0.717, 1.165) is 0 Å². The first-order valence-corrected chi connectivity index (χ1v) is 12.1. The number of hydrogen-bond acceptors (Lipinski definition) is 3. The van der Waals surface area contributed by atoms with Gasteiger partial charge in [0.05, 0.1) is 0 Å². The molecular formula is C10H21F4NO3Si2. The molecule has 0 rings (SSSR count). The van der Waals surface area contributed by atoms with E-state index in [0.29, 0.717) is 0 Å². The third kappa shape index (κ3) is 8.66. The molecule has 0 saturated carbocycles. The van der Waals surface area contributed by atoms with Gasteiger partial charge in [0, 0.05) is 6.54 Å². The standard InChI is InChI=1S/C10H21F4NO3Si2/c1-19(2,3)18-20(4,17)7-5-6-15-9(16)8(11)10(12,13)14/h8,17H,5-7H2,1-4H3,(H,15,16). The van der Waals surface area contributed by atoms with E-state index in [2.05, 4.69) is 0 Å². The Hall–Kier alpha value is -0.456. The molecule has 10 heteroatoms. The maximum absolute atomic E-state index is 12.6. The Morgan fingerprint density at radius 1 is 1.30 bits per heavy atom. The average Bonchev–Trinajstić information content (AvgIpc) is 2.18. The molecule has 0 aliphatic carbocycles. The highest BCUT2D eigenvalue weighted by Crippen LogP contribution is 2.23. The number of rotatable bonds is 7. The SMILES string of the molecule is C[Si](C)(C)O[Si](C)(O)CCCNC(=O)C(F)C(F)(F)F. The highest BCUT2D eigenvalue weighted by atomic mass is 28.4. The summed E-state index contributed by atoms with van der Waals surface area (Å²) in [6, 6.07) is 0.264. The zero-order chi connectivity index (χ0) is 16.2. The van der Waals surface area contributed by atoms with Crippen molar-refractivity contribution in [2.24, 2.45) is 0 Å². The van der Waals surface area contributed by atoms with Gasteiger partial charge in [0.25, 0.3) is 12.1 Å². The topological polar surface area (TPSA) is 58.6 Å². The monoisotopic (exact) mass is 335 g/mol. The van der Waals surface area contributed by atoms with Gasteiger partial charge in [-0.1, -0.05) is 0 Å². The fraction of sp³-hybridized carbons (Fsp3) is 0.900. The highest BCUT2D eigenvalue weighted by molar-refractivity contribution is 6.81. The molecule has 0 aromatic heterocycles. The van der Waals surface area contributed by atoms with E-state index >= 15 is 0 Å². The Morgan fingerprint density at radius 3 is 2.20 bits per heavy atom. The summed E-state index contributed by atoms with van der Waals surface area (Å²) in [6.45, 7) is 7.18. The highest BCUT2D eigenvalue weighted by Gasteiger charge is 2.45. The summed E-state index contributed by atoms with van der Waals surface area (Å²) >= 11 is 0. The second-order valence-electron chi connectivity index (χ2n) is 5.69. The van der Waals surface area contributed by atoms with Crippen molar-refractivity contribution in [3.05, 3.63) is 0 Å². The maximum atomic E-state index is 12.6. The lowest BCUT2D eigenvalue weighted by Gasteiger charge is -2.29. The van der Waals surface area contributed by atoms with Crippen molar-refractivity contribution in [3.8, 4) is 0 Å². The van der Waals surface area contributed by atoms with E-state index < -0.39 is 35.1 Å². The van der Waals surface area contributed by atoms with Crippen molar-refractivity contribution < 1.29 is 31.3 Å². The molecule has 120 valence electrons. The molecule has 0 bridgehead atoms. The van der Waals surface area contributed by atoms with Gasteiger partial charge in [-0.15, -0.1) is 0 Å². The zero-order valence-electron chi connectivity index (χ0n) is 12.0. The molecule has 2 N–H and O–H groups in total. The molecule has 0 spiro atoms. The normalized spacial score (nSPS) is 17.4. The molecule has 0 radical (unpaired) electrons. The first-order chi connectivity index (χ1) is 8.75. The Labute approximate surface area is 117 Å². The Kier molecular flexibility index (Phi) is 6.85. The van der Waals surface area contributed by atoms with Crippen LogP contribution in [0.5, 0.6) is 0 Å². The van der Waals surface area contributed by atoms with Crippen LogP contribution in [0.2, 0.25) is 32.2 Å². The van der Waals surface area contributed by atoms with Crippen LogP contribution in [0, 0.1) is 0 Å². The van der Waals surface area contributed by atoms with Crippen LogP contribution in [0.25, 0.3) is 0 Å². The van der Waals surface area contributed by atoms with Gasteiger partial charge in [0.1, 0.15) is 0 Å². The summed E-state index contributed by atoms with van der Waals surface area (Å²) in [5.41, 5.74) is 0. The summed E-state index contributed by atoms with van der Waals surface area (Å²) in [5.74, 6) is -1.70. The molecule has 0 heterocycles. The van der Waals surface area contributed by atoms with Gasteiger partial charge < -0.3 is 14.2 Å². The van der Waals surface area contributed by atoms with Crippen LogP contribution in [0.1, 0.15) is 6.42 Å². The van der Waals surface area contributed by atoms with Crippen molar-refractivity contribution in [1.29, 1.82) is 0 Å². The van der Waals surface area contributed by atoms with Gasteiger partial charge >= 0.3 is 14.7 Å². The third-order valence-corrected chi connectivity index (χ3v) is 7.65. The molecule has 0 aromatic rings. The number of carbonyl (C=O) groups is 1. The van der Waals surface area contributed by atoms with Crippen LogP contribution in [-0.2, 0) is 8.91 Å². The number of nitrogens with one attached hydrogen (secondary N) is 1. The van der Waals surface area contributed by atoms with Gasteiger partial charge in [-0.3, -0.25) is 4.79 Å². The van der Waals surface area contributed by atoms with E-state index in [1.807, 2.05) is 25.0 Å². The number of amides is 1. The van der Waals surface area contributed by atoms with E-state index in [1.165, 1.54) is 0 Å². The third-order valence-electron chi connectivity index (χ3n) is 2.16. The minimum atomic E-state index is -5.19. The van der Waals surface area contributed by atoms with Crippen LogP contribution in [-0.4, -0.2) is 46.5 Å². The minimum Gasteiger partial charge on any atom is -0.436 e. The van der Waals surface area contributed by atoms with E-state index in [-0.39, 0.29) is 19.0 Å². The van der Waals surface area contributed by atoms with Crippen LogP contribution in [0.4, 0.5) is 17.6 Å². The Morgan fingerprint density at radius 2 is 1.80 bits per heavy atom. The van der Waals surface area contributed by atoms with Crippen molar-refractivity contribution in [3.63, 3.8) is 0 Å². The quantitative estimate of drug-likeness (QED) is 0.426. The van der Waals surface area contributed by atoms with Gasteiger partial charge in [-0.05, 0) is 38.7 Å². The van der Waals surface area contributed by atoms with Crippen molar-refractivity contribution >= 4 is 22.8 Å². The number of halogens is 4. The first kappa shape index (κ1) is 19.5. The molecule has 1 amide bonds. The van der Waals surface area contributed by atoms with Gasteiger partial charge in [0.15, 0.2) is 8.32 Å². The lowest BCUT2D eigenvalue weighted by Crippen LogP contribution is -2.45. The van der Waals surface area contributed by atoms with Crippen molar-refractivity contribution in [2.75, 3.05) is 6.54 Å². The van der Waals surface area contributed by atoms with Crippen LogP contribution >= 0.6 is 0 Å². The van der Waals surface area contributed by atoms with E-state index in [1.54, 1.807) is 6.55 Å². The van der Waals surface area contributed by atoms with Gasteiger partial charge in [-0.25, -0.2) is 4.39 Å². The maximum Gasteiger partial charge on any atom is 0.428 e. The van der Waals surface area contributed by atoms with Crippen LogP contribution in [0.15, 0.2) is 0 Å². The molecule has 2 atom stereocenters. The number of alkyl halides is 4. The zero-order valence-corrected chi connectivity index (χ0v) is 14.0. The molecule has 0 aliphatic heterocycles. The van der Waals surface area contributed by atoms with Crippen LogP contribution in [0.3, 0.4) is 0 Å². The number of hydrogen-bond donors (Lipinski definition) is 2. The predicted octanol–water partition coefficient (Wildman–Crippen LogP) is 2.31. The predicted molar refractivity (Wildman–Crippen MR) is 71.7 cm³/mol. The molecule has 0 fully saturated rings. The fourth-order valence-corrected chi connectivity index (χ4v) is 8.09. The molecule has 20 heavy (non-hydrogen) atoms. The van der Waals surface area contributed by atoms with Crippen molar-refractivity contribution in [1.82, 2.24) is 5.32 Å². The molecule has 0 saturated heterocycles. The van der Waals surface area contributed by atoms with Crippen molar-refractivity contribution in [2.45, 2.75) is 51.0 Å².